The van der Waals surface area contributed by atoms with E-state index in [0.29, 0.717) is 33.8 Å². The molecule has 8 heteroatoms. The molecule has 0 saturated heterocycles. The molecule has 0 bridgehead atoms. The second-order valence-electron chi connectivity index (χ2n) is 6.93. The fourth-order valence-electron chi connectivity index (χ4n) is 3.00. The highest BCUT2D eigenvalue weighted by Crippen LogP contribution is 2.27. The number of amides is 1. The minimum atomic E-state index is -3.75. The number of aryl methyl sites for hydroxylation is 2. The monoisotopic (exact) mass is 502 g/mol. The van der Waals surface area contributed by atoms with Gasteiger partial charge in [0.25, 0.3) is 15.9 Å². The molecule has 3 rings (SSSR count). The Morgan fingerprint density at radius 1 is 1.00 bits per heavy atom. The molecule has 0 aliphatic rings. The second-order valence-corrected chi connectivity index (χ2v) is 9.47. The first-order valence-corrected chi connectivity index (χ1v) is 11.9. The largest absolute Gasteiger partial charge is 0.493 e. The van der Waals surface area contributed by atoms with Crippen LogP contribution in [0.15, 0.2) is 70.0 Å². The zero-order valence-corrected chi connectivity index (χ0v) is 19.8. The van der Waals surface area contributed by atoms with Crippen molar-refractivity contribution in [3.8, 4) is 5.75 Å². The number of carbonyl (C=O) groups excluding carboxylic acids is 1. The van der Waals surface area contributed by atoms with Gasteiger partial charge >= 0.3 is 0 Å². The maximum Gasteiger partial charge on any atom is 0.261 e. The number of halogens is 1. The van der Waals surface area contributed by atoms with Crippen LogP contribution in [0.4, 0.5) is 11.4 Å². The van der Waals surface area contributed by atoms with Gasteiger partial charge in [-0.3, -0.25) is 9.52 Å². The average molecular weight is 503 g/mol. The summed E-state index contributed by atoms with van der Waals surface area (Å²) in [5, 5.41) is 2.77. The number of benzene rings is 3. The lowest BCUT2D eigenvalue weighted by Crippen LogP contribution is -2.15. The molecule has 0 heterocycles. The van der Waals surface area contributed by atoms with Gasteiger partial charge in [0.15, 0.2) is 0 Å². The van der Waals surface area contributed by atoms with Crippen molar-refractivity contribution in [1.29, 1.82) is 0 Å². The van der Waals surface area contributed by atoms with Gasteiger partial charge < -0.3 is 10.1 Å². The number of nitrogens with one attached hydrogen (secondary N) is 2. The molecule has 0 radical (unpaired) electrons. The molecule has 1 amide bonds. The highest BCUT2D eigenvalue weighted by Gasteiger charge is 2.17. The van der Waals surface area contributed by atoms with Crippen LogP contribution in [-0.4, -0.2) is 20.9 Å². The van der Waals surface area contributed by atoms with Crippen LogP contribution in [-0.2, 0) is 10.0 Å². The van der Waals surface area contributed by atoms with E-state index in [4.69, 9.17) is 4.74 Å². The van der Waals surface area contributed by atoms with E-state index >= 15 is 0 Å². The highest BCUT2D eigenvalue weighted by atomic mass is 79.9. The van der Waals surface area contributed by atoms with Gasteiger partial charge in [0.1, 0.15) is 5.75 Å². The van der Waals surface area contributed by atoms with Gasteiger partial charge in [-0.25, -0.2) is 8.42 Å². The van der Waals surface area contributed by atoms with Crippen molar-refractivity contribution in [1.82, 2.24) is 0 Å². The zero-order chi connectivity index (χ0) is 22.6. The lowest BCUT2D eigenvalue weighted by molar-refractivity contribution is 0.102. The number of hydrogen-bond acceptors (Lipinski definition) is 4. The Morgan fingerprint density at radius 3 is 2.23 bits per heavy atom. The number of anilines is 2. The molecular weight excluding hydrogens is 480 g/mol. The van der Waals surface area contributed by atoms with Crippen LogP contribution >= 0.6 is 15.9 Å². The molecule has 6 nitrogen and oxygen atoms in total. The van der Waals surface area contributed by atoms with Crippen molar-refractivity contribution in [3.05, 3.63) is 81.8 Å². The summed E-state index contributed by atoms with van der Waals surface area (Å²) in [6, 6.07) is 16.7. The number of ether oxygens (including phenoxy) is 1. The van der Waals surface area contributed by atoms with E-state index in [-0.39, 0.29) is 10.8 Å². The number of rotatable bonds is 7. The van der Waals surface area contributed by atoms with E-state index in [1.807, 2.05) is 39.0 Å². The Kier molecular flexibility index (Phi) is 7.02. The van der Waals surface area contributed by atoms with E-state index in [1.165, 1.54) is 12.1 Å². The Labute approximate surface area is 190 Å². The van der Waals surface area contributed by atoms with E-state index in [9.17, 15) is 13.2 Å². The molecule has 0 aliphatic carbocycles. The van der Waals surface area contributed by atoms with E-state index < -0.39 is 10.0 Å². The molecule has 3 aromatic rings. The van der Waals surface area contributed by atoms with Crippen LogP contribution in [0.3, 0.4) is 0 Å². The molecule has 2 N–H and O–H groups in total. The Hall–Kier alpha value is -2.84. The Balaban J connectivity index is 1.74. The van der Waals surface area contributed by atoms with Crippen molar-refractivity contribution in [2.75, 3.05) is 16.6 Å². The van der Waals surface area contributed by atoms with E-state index in [0.717, 1.165) is 11.1 Å². The average Bonchev–Trinajstić information content (AvgIpc) is 2.73. The third-order valence-electron chi connectivity index (χ3n) is 4.63. The van der Waals surface area contributed by atoms with Crippen LogP contribution in [0.2, 0.25) is 0 Å². The molecule has 0 atom stereocenters. The summed E-state index contributed by atoms with van der Waals surface area (Å²) in [5.41, 5.74) is 3.19. The summed E-state index contributed by atoms with van der Waals surface area (Å²) in [7, 11) is -3.75. The minimum absolute atomic E-state index is 0.108. The second kappa shape index (κ2) is 9.53. The topological polar surface area (TPSA) is 84.5 Å². The maximum absolute atomic E-state index is 12.8. The number of carbonyl (C=O) groups is 1. The summed E-state index contributed by atoms with van der Waals surface area (Å²) in [6.07, 6.45) is 0. The zero-order valence-electron chi connectivity index (χ0n) is 17.4. The molecule has 3 aromatic carbocycles. The quantitative estimate of drug-likeness (QED) is 0.445. The molecular formula is C23H23BrN2O4S. The normalized spacial score (nSPS) is 11.1. The van der Waals surface area contributed by atoms with Gasteiger partial charge in [0.2, 0.25) is 0 Å². The summed E-state index contributed by atoms with van der Waals surface area (Å²) in [5.74, 6) is 0.345. The van der Waals surface area contributed by atoms with Gasteiger partial charge in [0, 0.05) is 11.3 Å². The van der Waals surface area contributed by atoms with Crippen molar-refractivity contribution in [2.24, 2.45) is 0 Å². The summed E-state index contributed by atoms with van der Waals surface area (Å²) >= 11 is 3.39. The molecule has 0 spiro atoms. The highest BCUT2D eigenvalue weighted by molar-refractivity contribution is 9.10. The standard InChI is InChI=1S/C23H23BrN2O4S/c1-4-30-21-13-8-17(14-20(21)24)23(27)25-18-9-11-19(12-10-18)31(28,29)26-22-15(2)6-5-7-16(22)3/h5-14,26H,4H2,1-3H3,(H,25,27). The van der Waals surface area contributed by atoms with E-state index in [2.05, 4.69) is 26.0 Å². The van der Waals surface area contributed by atoms with Crippen LogP contribution in [0.1, 0.15) is 28.4 Å². The Bertz CT molecular complexity index is 1190. The van der Waals surface area contributed by atoms with Crippen LogP contribution in [0.25, 0.3) is 0 Å². The molecule has 0 aromatic heterocycles. The van der Waals surface area contributed by atoms with Crippen LogP contribution in [0.5, 0.6) is 5.75 Å². The van der Waals surface area contributed by atoms with Gasteiger partial charge in [-0.1, -0.05) is 18.2 Å². The predicted molar refractivity (Wildman–Crippen MR) is 126 cm³/mol. The third kappa shape index (κ3) is 5.45. The lowest BCUT2D eigenvalue weighted by Gasteiger charge is -2.13. The summed E-state index contributed by atoms with van der Waals surface area (Å²) in [6.45, 7) is 6.11. The molecule has 31 heavy (non-hydrogen) atoms. The molecule has 0 fully saturated rings. The fraction of sp³-hybridized carbons (Fsp3) is 0.174. The van der Waals surface area contributed by atoms with Crippen molar-refractivity contribution >= 4 is 43.2 Å². The minimum Gasteiger partial charge on any atom is -0.493 e. The summed E-state index contributed by atoms with van der Waals surface area (Å²) < 4.78 is 34.3. The first kappa shape index (κ1) is 22.8. The number of hydrogen-bond donors (Lipinski definition) is 2. The number of sulfonamides is 1. The fourth-order valence-corrected chi connectivity index (χ4v) is 4.70. The van der Waals surface area contributed by atoms with Gasteiger partial charge in [0.05, 0.1) is 21.7 Å². The Morgan fingerprint density at radius 2 is 1.65 bits per heavy atom. The van der Waals surface area contributed by atoms with Gasteiger partial charge in [-0.2, -0.15) is 0 Å². The van der Waals surface area contributed by atoms with Gasteiger partial charge in [-0.15, -0.1) is 0 Å². The predicted octanol–water partition coefficient (Wildman–Crippen LogP) is 5.52. The smallest absolute Gasteiger partial charge is 0.261 e. The van der Waals surface area contributed by atoms with Crippen molar-refractivity contribution < 1.29 is 17.9 Å². The van der Waals surface area contributed by atoms with Crippen LogP contribution < -0.4 is 14.8 Å². The molecule has 0 unspecified atom stereocenters. The van der Waals surface area contributed by atoms with Crippen molar-refractivity contribution in [3.63, 3.8) is 0 Å². The molecule has 162 valence electrons. The lowest BCUT2D eigenvalue weighted by atomic mass is 10.1. The van der Waals surface area contributed by atoms with E-state index in [1.54, 1.807) is 30.3 Å². The third-order valence-corrected chi connectivity index (χ3v) is 6.62. The van der Waals surface area contributed by atoms with Crippen molar-refractivity contribution in [2.45, 2.75) is 25.7 Å². The molecule has 0 saturated carbocycles. The summed E-state index contributed by atoms with van der Waals surface area (Å²) in [4.78, 5) is 12.6. The first-order valence-electron chi connectivity index (χ1n) is 9.64. The first-order chi connectivity index (χ1) is 14.7. The van der Waals surface area contributed by atoms with Gasteiger partial charge in [-0.05, 0) is 90.3 Å². The van der Waals surface area contributed by atoms with Crippen LogP contribution in [0, 0.1) is 13.8 Å². The molecule has 0 aliphatic heterocycles. The SMILES string of the molecule is CCOc1ccc(C(=O)Nc2ccc(S(=O)(=O)Nc3c(C)cccc3C)cc2)cc1Br. The maximum atomic E-state index is 12.8. The number of para-hydroxylation sites is 1.